The normalized spacial score (nSPS) is 19.1. The second-order valence-electron chi connectivity index (χ2n) is 5.21. The van der Waals surface area contributed by atoms with Crippen LogP contribution in [0, 0.1) is 0 Å². The number of benzene rings is 1. The molecule has 0 spiro atoms. The fraction of sp³-hybridized carbons (Fsp3) is 0.500. The van der Waals surface area contributed by atoms with Gasteiger partial charge in [-0.15, -0.1) is 0 Å². The van der Waals surface area contributed by atoms with E-state index in [1.807, 2.05) is 31.2 Å². The summed E-state index contributed by atoms with van der Waals surface area (Å²) >= 11 is 0. The predicted octanol–water partition coefficient (Wildman–Crippen LogP) is 2.70. The third-order valence-corrected chi connectivity index (χ3v) is 3.71. The number of ether oxygens (including phenoxy) is 1. The minimum atomic E-state index is -0.740. The van der Waals surface area contributed by atoms with Gasteiger partial charge in [-0.05, 0) is 38.3 Å². The van der Waals surface area contributed by atoms with Crippen molar-refractivity contribution < 1.29 is 14.3 Å². The Morgan fingerprint density at radius 3 is 2.80 bits per heavy atom. The minimum absolute atomic E-state index is 0.125. The number of nitrogens with zero attached hydrogens (tertiary/aromatic N) is 1. The first-order valence-electron chi connectivity index (χ1n) is 7.15. The van der Waals surface area contributed by atoms with Crippen LogP contribution in [0.4, 0.5) is 5.69 Å². The first kappa shape index (κ1) is 14.6. The van der Waals surface area contributed by atoms with Gasteiger partial charge in [0.05, 0.1) is 0 Å². The molecule has 0 aromatic heterocycles. The van der Waals surface area contributed by atoms with Crippen LogP contribution in [0.2, 0.25) is 0 Å². The lowest BCUT2D eigenvalue weighted by molar-refractivity contribution is -0.153. The maximum absolute atomic E-state index is 12.6. The Morgan fingerprint density at radius 1 is 1.40 bits per heavy atom. The Balaban J connectivity index is 2.22. The van der Waals surface area contributed by atoms with E-state index in [0.29, 0.717) is 0 Å². The lowest BCUT2D eigenvalue weighted by atomic mass is 9.96. The highest BCUT2D eigenvalue weighted by Gasteiger charge is 2.32. The van der Waals surface area contributed by atoms with Crippen molar-refractivity contribution in [2.75, 3.05) is 4.90 Å². The third-order valence-electron chi connectivity index (χ3n) is 3.71. The molecule has 4 nitrogen and oxygen atoms in total. The van der Waals surface area contributed by atoms with Crippen molar-refractivity contribution in [3.05, 3.63) is 29.8 Å². The third kappa shape index (κ3) is 2.84. The molecule has 1 aliphatic heterocycles. The van der Waals surface area contributed by atoms with Crippen LogP contribution in [0.3, 0.4) is 0 Å². The van der Waals surface area contributed by atoms with Crippen LogP contribution in [-0.4, -0.2) is 24.0 Å². The zero-order valence-corrected chi connectivity index (χ0v) is 12.3. The summed E-state index contributed by atoms with van der Waals surface area (Å²) in [5, 5.41) is 0. The van der Waals surface area contributed by atoms with Crippen molar-refractivity contribution in [3.63, 3.8) is 0 Å². The molecule has 0 saturated carbocycles. The molecule has 2 atom stereocenters. The molecule has 108 valence electrons. The number of esters is 1. The highest BCUT2D eigenvalue weighted by molar-refractivity contribution is 5.98. The molecule has 0 fully saturated rings. The van der Waals surface area contributed by atoms with Crippen molar-refractivity contribution in [2.24, 2.45) is 0 Å². The highest BCUT2D eigenvalue weighted by Crippen LogP contribution is 2.31. The van der Waals surface area contributed by atoms with Gasteiger partial charge < -0.3 is 9.64 Å². The monoisotopic (exact) mass is 275 g/mol. The summed E-state index contributed by atoms with van der Waals surface area (Å²) < 4.78 is 5.15. The Kier molecular flexibility index (Phi) is 4.42. The molecular weight excluding hydrogens is 254 g/mol. The molecule has 0 bridgehead atoms. The summed E-state index contributed by atoms with van der Waals surface area (Å²) in [6.07, 6.45) is 1.45. The largest absolute Gasteiger partial charge is 0.453 e. The van der Waals surface area contributed by atoms with Crippen LogP contribution in [0.1, 0.15) is 39.2 Å². The van der Waals surface area contributed by atoms with E-state index in [4.69, 9.17) is 4.74 Å². The van der Waals surface area contributed by atoms with Gasteiger partial charge in [-0.1, -0.05) is 25.1 Å². The van der Waals surface area contributed by atoms with E-state index in [0.717, 1.165) is 18.5 Å². The minimum Gasteiger partial charge on any atom is -0.453 e. The second kappa shape index (κ2) is 6.07. The van der Waals surface area contributed by atoms with Crippen LogP contribution in [0.25, 0.3) is 0 Å². The first-order chi connectivity index (χ1) is 9.54. The molecule has 4 heteroatoms. The van der Waals surface area contributed by atoms with Gasteiger partial charge in [0.15, 0.2) is 6.10 Å². The van der Waals surface area contributed by atoms with Crippen molar-refractivity contribution in [1.82, 2.24) is 0 Å². The average molecular weight is 275 g/mol. The number of para-hydroxylation sites is 1. The van der Waals surface area contributed by atoms with Crippen molar-refractivity contribution in [1.29, 1.82) is 0 Å². The second-order valence-corrected chi connectivity index (χ2v) is 5.21. The van der Waals surface area contributed by atoms with E-state index in [9.17, 15) is 9.59 Å². The molecule has 0 radical (unpaired) electrons. The Morgan fingerprint density at radius 2 is 2.10 bits per heavy atom. The molecule has 0 saturated heterocycles. The molecule has 0 unspecified atom stereocenters. The van der Waals surface area contributed by atoms with Crippen molar-refractivity contribution >= 4 is 17.6 Å². The number of amides is 1. The fourth-order valence-corrected chi connectivity index (χ4v) is 2.55. The molecule has 0 N–H and O–H groups in total. The van der Waals surface area contributed by atoms with E-state index in [1.165, 1.54) is 5.56 Å². The zero-order valence-electron chi connectivity index (χ0n) is 12.3. The van der Waals surface area contributed by atoms with Gasteiger partial charge in [0, 0.05) is 18.2 Å². The van der Waals surface area contributed by atoms with E-state index in [-0.39, 0.29) is 24.3 Å². The van der Waals surface area contributed by atoms with Gasteiger partial charge in [0.25, 0.3) is 5.91 Å². The number of rotatable bonds is 3. The van der Waals surface area contributed by atoms with Crippen LogP contribution in [-0.2, 0) is 20.7 Å². The quantitative estimate of drug-likeness (QED) is 0.797. The number of carbonyl (C=O) groups excluding carboxylic acids is 2. The number of carbonyl (C=O) groups is 2. The van der Waals surface area contributed by atoms with Crippen LogP contribution in [0.5, 0.6) is 0 Å². The summed E-state index contributed by atoms with van der Waals surface area (Å²) in [4.78, 5) is 25.7. The fourth-order valence-electron chi connectivity index (χ4n) is 2.55. The lowest BCUT2D eigenvalue weighted by Crippen LogP contribution is -2.47. The Bertz CT molecular complexity index is 512. The molecular formula is C16H21NO3. The Hall–Kier alpha value is -1.84. The summed E-state index contributed by atoms with van der Waals surface area (Å²) in [5.41, 5.74) is 2.11. The van der Waals surface area contributed by atoms with E-state index < -0.39 is 6.10 Å². The number of hydrogen-bond acceptors (Lipinski definition) is 3. The first-order valence-corrected chi connectivity index (χ1v) is 7.15. The van der Waals surface area contributed by atoms with Crippen molar-refractivity contribution in [2.45, 2.75) is 52.2 Å². The molecule has 1 heterocycles. The topological polar surface area (TPSA) is 46.6 Å². The number of anilines is 1. The SMILES string of the molecule is CCC(=O)O[C@@H](C)C(=O)N1c2ccccc2CC[C@@H]1C. The number of aryl methyl sites for hydroxylation is 1. The molecule has 0 aliphatic carbocycles. The summed E-state index contributed by atoms with van der Waals surface area (Å²) in [6, 6.07) is 8.04. The van der Waals surface area contributed by atoms with E-state index in [2.05, 4.69) is 0 Å². The molecule has 1 aliphatic rings. The number of hydrogen-bond donors (Lipinski definition) is 0. The van der Waals surface area contributed by atoms with Crippen LogP contribution in [0.15, 0.2) is 24.3 Å². The Labute approximate surface area is 119 Å². The van der Waals surface area contributed by atoms with Gasteiger partial charge in [0.1, 0.15) is 0 Å². The molecule has 1 aromatic rings. The van der Waals surface area contributed by atoms with E-state index in [1.54, 1.807) is 18.7 Å². The van der Waals surface area contributed by atoms with Crippen LogP contribution >= 0.6 is 0 Å². The van der Waals surface area contributed by atoms with Gasteiger partial charge in [-0.25, -0.2) is 0 Å². The summed E-state index contributed by atoms with van der Waals surface area (Å²) in [7, 11) is 0. The standard InChI is InChI=1S/C16H21NO3/c1-4-15(18)20-12(3)16(19)17-11(2)9-10-13-7-5-6-8-14(13)17/h5-8,11-12H,4,9-10H2,1-3H3/t11-,12-/m0/s1. The highest BCUT2D eigenvalue weighted by atomic mass is 16.5. The smallest absolute Gasteiger partial charge is 0.306 e. The lowest BCUT2D eigenvalue weighted by Gasteiger charge is -2.36. The summed E-state index contributed by atoms with van der Waals surface area (Å²) in [5.74, 6) is -0.491. The van der Waals surface area contributed by atoms with Gasteiger partial charge in [-0.2, -0.15) is 0 Å². The van der Waals surface area contributed by atoms with Gasteiger partial charge in [0.2, 0.25) is 0 Å². The molecule has 20 heavy (non-hydrogen) atoms. The van der Waals surface area contributed by atoms with Gasteiger partial charge in [-0.3, -0.25) is 9.59 Å². The zero-order chi connectivity index (χ0) is 14.7. The molecule has 2 rings (SSSR count). The molecule has 1 amide bonds. The van der Waals surface area contributed by atoms with Gasteiger partial charge >= 0.3 is 5.97 Å². The van der Waals surface area contributed by atoms with Crippen molar-refractivity contribution in [3.8, 4) is 0 Å². The average Bonchev–Trinajstić information content (AvgIpc) is 2.46. The predicted molar refractivity (Wildman–Crippen MR) is 77.6 cm³/mol. The maximum atomic E-state index is 12.6. The maximum Gasteiger partial charge on any atom is 0.306 e. The number of fused-ring (bicyclic) bond motifs is 1. The van der Waals surface area contributed by atoms with E-state index >= 15 is 0 Å². The summed E-state index contributed by atoms with van der Waals surface area (Å²) in [6.45, 7) is 5.39. The van der Waals surface area contributed by atoms with Crippen LogP contribution < -0.4 is 4.90 Å². The molecule has 1 aromatic carbocycles.